The summed E-state index contributed by atoms with van der Waals surface area (Å²) in [5, 5.41) is 3.68. The van der Waals surface area contributed by atoms with Crippen LogP contribution in [0.15, 0.2) is 0 Å². The molecule has 0 aromatic rings. The van der Waals surface area contributed by atoms with Gasteiger partial charge in [0.05, 0.1) is 0 Å². The van der Waals surface area contributed by atoms with Gasteiger partial charge in [-0.25, -0.2) is 0 Å². The van der Waals surface area contributed by atoms with Gasteiger partial charge in [0, 0.05) is 18.6 Å². The number of rotatable bonds is 3. The lowest BCUT2D eigenvalue weighted by Gasteiger charge is -2.25. The Morgan fingerprint density at radius 1 is 1.42 bits per heavy atom. The van der Waals surface area contributed by atoms with Gasteiger partial charge in [0.2, 0.25) is 0 Å². The first-order valence-electron chi connectivity index (χ1n) is 5.24. The highest BCUT2D eigenvalue weighted by atomic mass is 15.1. The smallest absolute Gasteiger partial charge is 0.0111 e. The van der Waals surface area contributed by atoms with E-state index in [0.717, 1.165) is 18.0 Å². The molecular formula is C10H20N2. The Labute approximate surface area is 75.3 Å². The van der Waals surface area contributed by atoms with Crippen molar-refractivity contribution >= 4 is 0 Å². The van der Waals surface area contributed by atoms with Crippen LogP contribution in [0.3, 0.4) is 0 Å². The second kappa shape index (κ2) is 3.35. The minimum absolute atomic E-state index is 0.851. The lowest BCUT2D eigenvalue weighted by atomic mass is 9.89. The summed E-state index contributed by atoms with van der Waals surface area (Å²) in [5.41, 5.74) is 0. The molecule has 2 aliphatic heterocycles. The van der Waals surface area contributed by atoms with E-state index in [1.807, 2.05) is 0 Å². The summed E-state index contributed by atoms with van der Waals surface area (Å²) < 4.78 is 0. The zero-order chi connectivity index (χ0) is 8.55. The van der Waals surface area contributed by atoms with Gasteiger partial charge in [0.25, 0.3) is 0 Å². The molecule has 3 atom stereocenters. The molecule has 2 aliphatic rings. The molecule has 2 heteroatoms. The van der Waals surface area contributed by atoms with Gasteiger partial charge >= 0.3 is 0 Å². The van der Waals surface area contributed by atoms with Crippen molar-refractivity contribution in [1.29, 1.82) is 0 Å². The Hall–Kier alpha value is -0.0800. The highest BCUT2D eigenvalue weighted by Crippen LogP contribution is 2.33. The number of nitrogens with one attached hydrogen (secondary N) is 1. The minimum atomic E-state index is 0.851. The van der Waals surface area contributed by atoms with Gasteiger partial charge < -0.3 is 10.2 Å². The lowest BCUT2D eigenvalue weighted by Crippen LogP contribution is -2.32. The third kappa shape index (κ3) is 1.50. The second-order valence-electron chi connectivity index (χ2n) is 4.40. The molecule has 2 saturated heterocycles. The van der Waals surface area contributed by atoms with Crippen LogP contribution in [0.5, 0.6) is 0 Å². The molecule has 0 saturated carbocycles. The summed E-state index contributed by atoms with van der Waals surface area (Å²) in [6, 6.07) is 1.72. The molecule has 70 valence electrons. The zero-order valence-electron chi connectivity index (χ0n) is 8.21. The van der Waals surface area contributed by atoms with Crippen molar-refractivity contribution in [3.63, 3.8) is 0 Å². The van der Waals surface area contributed by atoms with E-state index in [1.54, 1.807) is 0 Å². The summed E-state index contributed by atoms with van der Waals surface area (Å²) >= 11 is 0. The quantitative estimate of drug-likeness (QED) is 0.678. The molecule has 2 rings (SSSR count). The van der Waals surface area contributed by atoms with Gasteiger partial charge in [-0.1, -0.05) is 6.92 Å². The van der Waals surface area contributed by atoms with E-state index in [-0.39, 0.29) is 0 Å². The third-order valence-electron chi connectivity index (χ3n) is 3.52. The molecule has 0 aromatic heterocycles. The SMILES string of the molecule is CCN(C)CC1CC2CCC1N2. The monoisotopic (exact) mass is 168 g/mol. The molecular weight excluding hydrogens is 148 g/mol. The summed E-state index contributed by atoms with van der Waals surface area (Å²) in [6.07, 6.45) is 4.28. The molecule has 2 fully saturated rings. The lowest BCUT2D eigenvalue weighted by molar-refractivity contribution is 0.258. The Bertz CT molecular complexity index is 158. The largest absolute Gasteiger partial charge is 0.311 e. The van der Waals surface area contributed by atoms with E-state index < -0.39 is 0 Å². The zero-order valence-corrected chi connectivity index (χ0v) is 8.21. The average Bonchev–Trinajstić information content (AvgIpc) is 2.64. The van der Waals surface area contributed by atoms with Gasteiger partial charge in [-0.05, 0) is 38.8 Å². The molecule has 2 nitrogen and oxygen atoms in total. The summed E-state index contributed by atoms with van der Waals surface area (Å²) in [6.45, 7) is 4.72. The van der Waals surface area contributed by atoms with Crippen LogP contribution >= 0.6 is 0 Å². The summed E-state index contributed by atoms with van der Waals surface area (Å²) in [7, 11) is 2.23. The number of hydrogen-bond donors (Lipinski definition) is 1. The van der Waals surface area contributed by atoms with Crippen molar-refractivity contribution in [1.82, 2.24) is 10.2 Å². The fraction of sp³-hybridized carbons (Fsp3) is 1.00. The van der Waals surface area contributed by atoms with Crippen LogP contribution in [0.25, 0.3) is 0 Å². The molecule has 2 heterocycles. The Balaban J connectivity index is 1.82. The molecule has 0 amide bonds. The first kappa shape index (κ1) is 8.52. The fourth-order valence-corrected chi connectivity index (χ4v) is 2.67. The molecule has 0 aromatic carbocycles. The maximum Gasteiger partial charge on any atom is 0.0111 e. The van der Waals surface area contributed by atoms with E-state index >= 15 is 0 Å². The van der Waals surface area contributed by atoms with E-state index in [1.165, 1.54) is 32.4 Å². The average molecular weight is 168 g/mol. The van der Waals surface area contributed by atoms with Crippen molar-refractivity contribution in [2.45, 2.75) is 38.3 Å². The topological polar surface area (TPSA) is 15.3 Å². The van der Waals surface area contributed by atoms with Crippen molar-refractivity contribution in [2.24, 2.45) is 5.92 Å². The molecule has 1 N–H and O–H groups in total. The molecule has 12 heavy (non-hydrogen) atoms. The van der Waals surface area contributed by atoms with Gasteiger partial charge in [0.15, 0.2) is 0 Å². The predicted octanol–water partition coefficient (Wildman–Crippen LogP) is 1.08. The van der Waals surface area contributed by atoms with Crippen molar-refractivity contribution in [3.8, 4) is 0 Å². The van der Waals surface area contributed by atoms with Crippen LogP contribution in [0, 0.1) is 5.92 Å². The van der Waals surface area contributed by atoms with Crippen LogP contribution in [0.4, 0.5) is 0 Å². The first-order valence-corrected chi connectivity index (χ1v) is 5.24. The van der Waals surface area contributed by atoms with Crippen LogP contribution in [0.2, 0.25) is 0 Å². The number of hydrogen-bond acceptors (Lipinski definition) is 2. The molecule has 2 bridgehead atoms. The van der Waals surface area contributed by atoms with Gasteiger partial charge in [-0.3, -0.25) is 0 Å². The second-order valence-corrected chi connectivity index (χ2v) is 4.40. The highest BCUT2D eigenvalue weighted by Gasteiger charge is 2.38. The standard InChI is InChI=1S/C10H20N2/c1-3-12(2)7-8-6-9-4-5-10(8)11-9/h8-11H,3-7H2,1-2H3. The van der Waals surface area contributed by atoms with Crippen LogP contribution < -0.4 is 5.32 Å². The van der Waals surface area contributed by atoms with Crippen molar-refractivity contribution < 1.29 is 0 Å². The van der Waals surface area contributed by atoms with Gasteiger partial charge in [-0.2, -0.15) is 0 Å². The summed E-state index contributed by atoms with van der Waals surface area (Å²) in [5.74, 6) is 0.939. The van der Waals surface area contributed by atoms with Crippen molar-refractivity contribution in [2.75, 3.05) is 20.1 Å². The first-order chi connectivity index (χ1) is 5.79. The van der Waals surface area contributed by atoms with Crippen molar-refractivity contribution in [3.05, 3.63) is 0 Å². The maximum atomic E-state index is 3.68. The number of fused-ring (bicyclic) bond motifs is 2. The normalized spacial score (nSPS) is 39.8. The predicted molar refractivity (Wildman–Crippen MR) is 51.2 cm³/mol. The third-order valence-corrected chi connectivity index (χ3v) is 3.52. The van der Waals surface area contributed by atoms with Gasteiger partial charge in [0.1, 0.15) is 0 Å². The van der Waals surface area contributed by atoms with E-state index in [9.17, 15) is 0 Å². The van der Waals surface area contributed by atoms with E-state index in [4.69, 9.17) is 0 Å². The van der Waals surface area contributed by atoms with Crippen LogP contribution in [0.1, 0.15) is 26.2 Å². The molecule has 0 aliphatic carbocycles. The van der Waals surface area contributed by atoms with Gasteiger partial charge in [-0.15, -0.1) is 0 Å². The maximum absolute atomic E-state index is 3.68. The van der Waals surface area contributed by atoms with E-state index in [2.05, 4.69) is 24.2 Å². The number of nitrogens with zero attached hydrogens (tertiary/aromatic N) is 1. The Morgan fingerprint density at radius 3 is 2.75 bits per heavy atom. The molecule has 3 unspecified atom stereocenters. The highest BCUT2D eigenvalue weighted by molar-refractivity contribution is 4.97. The fourth-order valence-electron chi connectivity index (χ4n) is 2.67. The Kier molecular flexibility index (Phi) is 2.37. The Morgan fingerprint density at radius 2 is 2.25 bits per heavy atom. The van der Waals surface area contributed by atoms with E-state index in [0.29, 0.717) is 0 Å². The summed E-state index contributed by atoms with van der Waals surface area (Å²) in [4.78, 5) is 2.44. The molecule has 0 radical (unpaired) electrons. The van der Waals surface area contributed by atoms with Crippen LogP contribution in [-0.4, -0.2) is 37.1 Å². The van der Waals surface area contributed by atoms with Crippen LogP contribution in [-0.2, 0) is 0 Å². The molecule has 0 spiro atoms. The minimum Gasteiger partial charge on any atom is -0.311 e.